The van der Waals surface area contributed by atoms with Crippen molar-refractivity contribution in [2.75, 3.05) is 24.6 Å². The largest absolute Gasteiger partial charge is 0.413 e. The third kappa shape index (κ3) is 4.40. The van der Waals surface area contributed by atoms with Crippen molar-refractivity contribution in [3.63, 3.8) is 0 Å². The van der Waals surface area contributed by atoms with Crippen LogP contribution in [0.25, 0.3) is 10.9 Å². The van der Waals surface area contributed by atoms with Crippen molar-refractivity contribution in [3.8, 4) is 0 Å². The van der Waals surface area contributed by atoms with Gasteiger partial charge in [0.15, 0.2) is 6.61 Å². The van der Waals surface area contributed by atoms with E-state index in [1.54, 1.807) is 12.1 Å². The molecule has 1 fully saturated rings. The van der Waals surface area contributed by atoms with Crippen molar-refractivity contribution in [2.24, 2.45) is 0 Å². The smallest absolute Gasteiger partial charge is 0.371 e. The second-order valence-electron chi connectivity index (χ2n) is 7.07. The highest BCUT2D eigenvalue weighted by Crippen LogP contribution is 2.32. The minimum Gasteiger partial charge on any atom is -0.371 e. The lowest BCUT2D eigenvalue weighted by atomic mass is 10.1. The van der Waals surface area contributed by atoms with Gasteiger partial charge in [0.05, 0.1) is 4.90 Å². The molecule has 1 atom stereocenters. The number of aromatic amines is 1. The molecule has 0 aliphatic carbocycles. The van der Waals surface area contributed by atoms with Crippen molar-refractivity contribution < 1.29 is 25.8 Å². The van der Waals surface area contributed by atoms with E-state index in [2.05, 4.69) is 26.2 Å². The molecule has 0 bridgehead atoms. The summed E-state index contributed by atoms with van der Waals surface area (Å²) in [6.07, 6.45) is -3.76. The molecule has 2 aromatic carbocycles. The minimum absolute atomic E-state index is 0.295. The number of alkyl halides is 3. The Kier molecular flexibility index (Phi) is 5.04. The van der Waals surface area contributed by atoms with Gasteiger partial charge in [0.25, 0.3) is 10.1 Å². The van der Waals surface area contributed by atoms with Gasteiger partial charge in [-0.25, -0.2) is 0 Å². The van der Waals surface area contributed by atoms with Gasteiger partial charge in [-0.2, -0.15) is 21.6 Å². The summed E-state index contributed by atoms with van der Waals surface area (Å²) in [5.41, 5.74) is 3.07. The Morgan fingerprint density at radius 2 is 1.83 bits per heavy atom. The molecular weight excluding hydrogens is 405 g/mol. The van der Waals surface area contributed by atoms with Crippen LogP contribution in [0.15, 0.2) is 59.5 Å². The van der Waals surface area contributed by atoms with E-state index in [-0.39, 0.29) is 4.90 Å². The summed E-state index contributed by atoms with van der Waals surface area (Å²) < 4.78 is 64.5. The Labute approximate surface area is 166 Å². The van der Waals surface area contributed by atoms with Gasteiger partial charge in [-0.3, -0.25) is 4.18 Å². The van der Waals surface area contributed by atoms with Gasteiger partial charge in [-0.1, -0.05) is 18.2 Å². The molecule has 2 heterocycles. The summed E-state index contributed by atoms with van der Waals surface area (Å²) in [4.78, 5) is 5.28. The Morgan fingerprint density at radius 3 is 2.52 bits per heavy atom. The van der Waals surface area contributed by atoms with Crippen LogP contribution in [-0.4, -0.2) is 39.3 Å². The molecule has 5 nitrogen and oxygen atoms in total. The summed E-state index contributed by atoms with van der Waals surface area (Å²) in [5.74, 6) is 0.320. The summed E-state index contributed by atoms with van der Waals surface area (Å²) in [5, 5.41) is 1.16. The molecule has 1 saturated heterocycles. The normalized spacial score (nSPS) is 17.9. The van der Waals surface area contributed by atoms with Crippen LogP contribution in [0.1, 0.15) is 18.0 Å². The van der Waals surface area contributed by atoms with Crippen molar-refractivity contribution in [1.29, 1.82) is 0 Å². The Balaban J connectivity index is 1.44. The number of benzene rings is 2. The Morgan fingerprint density at radius 1 is 1.10 bits per heavy atom. The van der Waals surface area contributed by atoms with Crippen LogP contribution in [0.3, 0.4) is 0 Å². The van der Waals surface area contributed by atoms with E-state index in [0.29, 0.717) is 5.92 Å². The number of rotatable bonds is 5. The number of aromatic nitrogens is 1. The quantitative estimate of drug-likeness (QED) is 0.616. The first-order valence-electron chi connectivity index (χ1n) is 9.10. The number of para-hydroxylation sites is 1. The molecule has 1 N–H and O–H groups in total. The average Bonchev–Trinajstić information content (AvgIpc) is 3.33. The molecule has 29 heavy (non-hydrogen) atoms. The molecule has 4 rings (SSSR count). The first kappa shape index (κ1) is 19.8. The highest BCUT2D eigenvalue weighted by atomic mass is 32.2. The zero-order chi connectivity index (χ0) is 20.6. The van der Waals surface area contributed by atoms with E-state index >= 15 is 0 Å². The molecule has 1 aliphatic heterocycles. The van der Waals surface area contributed by atoms with E-state index in [4.69, 9.17) is 0 Å². The molecule has 154 valence electrons. The number of nitrogens with one attached hydrogen (secondary N) is 1. The topological polar surface area (TPSA) is 62.4 Å². The van der Waals surface area contributed by atoms with Gasteiger partial charge in [-0.05, 0) is 48.2 Å². The molecule has 3 aromatic rings. The number of halogens is 3. The van der Waals surface area contributed by atoms with Crippen LogP contribution in [0.4, 0.5) is 18.9 Å². The SMILES string of the molecule is O=S(=O)(OCC(F)(F)F)c1ccc(N2CCC(c3cc4ccccc4[nH]3)C2)cc1. The first-order valence-corrected chi connectivity index (χ1v) is 10.5. The maximum Gasteiger partial charge on any atom is 0.413 e. The van der Waals surface area contributed by atoms with Gasteiger partial charge >= 0.3 is 6.18 Å². The van der Waals surface area contributed by atoms with Gasteiger partial charge in [-0.15, -0.1) is 0 Å². The van der Waals surface area contributed by atoms with Crippen molar-refractivity contribution in [3.05, 3.63) is 60.3 Å². The van der Waals surface area contributed by atoms with Gasteiger partial charge < -0.3 is 9.88 Å². The molecule has 0 saturated carbocycles. The lowest BCUT2D eigenvalue weighted by molar-refractivity contribution is -0.152. The van der Waals surface area contributed by atoms with Crippen LogP contribution >= 0.6 is 0 Å². The van der Waals surface area contributed by atoms with E-state index in [0.717, 1.165) is 41.8 Å². The van der Waals surface area contributed by atoms with Crippen molar-refractivity contribution in [1.82, 2.24) is 4.98 Å². The van der Waals surface area contributed by atoms with E-state index in [1.807, 2.05) is 18.2 Å². The number of H-pyrrole nitrogens is 1. The number of hydrogen-bond acceptors (Lipinski definition) is 4. The van der Waals surface area contributed by atoms with Gasteiger partial charge in [0.2, 0.25) is 0 Å². The van der Waals surface area contributed by atoms with Crippen LogP contribution < -0.4 is 4.90 Å². The molecule has 0 spiro atoms. The van der Waals surface area contributed by atoms with Gasteiger partial charge in [0.1, 0.15) is 0 Å². The highest BCUT2D eigenvalue weighted by molar-refractivity contribution is 7.86. The lowest BCUT2D eigenvalue weighted by Gasteiger charge is -2.19. The molecule has 9 heteroatoms. The number of hydrogen-bond donors (Lipinski definition) is 1. The number of anilines is 1. The monoisotopic (exact) mass is 424 g/mol. The summed E-state index contributed by atoms with van der Waals surface area (Å²) >= 11 is 0. The fraction of sp³-hybridized carbons (Fsp3) is 0.300. The third-order valence-corrected chi connectivity index (χ3v) is 6.32. The molecule has 1 unspecified atom stereocenters. The summed E-state index contributed by atoms with van der Waals surface area (Å²) in [6.45, 7) is -0.268. The van der Waals surface area contributed by atoms with E-state index in [9.17, 15) is 21.6 Å². The maximum absolute atomic E-state index is 12.2. The van der Waals surface area contributed by atoms with E-state index in [1.165, 1.54) is 12.1 Å². The maximum atomic E-state index is 12.2. The first-order chi connectivity index (χ1) is 13.7. The fourth-order valence-electron chi connectivity index (χ4n) is 3.60. The van der Waals surface area contributed by atoms with Crippen LogP contribution in [0.2, 0.25) is 0 Å². The fourth-order valence-corrected chi connectivity index (χ4v) is 4.49. The van der Waals surface area contributed by atoms with Crippen LogP contribution in [0.5, 0.6) is 0 Å². The second kappa shape index (κ2) is 7.38. The Hall–Kier alpha value is -2.52. The standard InChI is InChI=1S/C20H19F3N2O3S/c21-20(22,23)13-28-29(26,27)17-7-5-16(6-8-17)25-10-9-15(12-25)19-11-14-3-1-2-4-18(14)24-19/h1-8,11,15,24H,9-10,12-13H2. The predicted octanol–water partition coefficient (Wildman–Crippen LogP) is 4.43. The highest BCUT2D eigenvalue weighted by Gasteiger charge is 2.32. The molecule has 0 amide bonds. The average molecular weight is 424 g/mol. The van der Waals surface area contributed by atoms with Crippen LogP contribution in [0, 0.1) is 0 Å². The number of fused-ring (bicyclic) bond motifs is 1. The zero-order valence-electron chi connectivity index (χ0n) is 15.3. The van der Waals surface area contributed by atoms with Crippen LogP contribution in [-0.2, 0) is 14.3 Å². The molecule has 0 radical (unpaired) electrons. The molecule has 1 aliphatic rings. The minimum atomic E-state index is -4.71. The predicted molar refractivity (Wildman–Crippen MR) is 104 cm³/mol. The van der Waals surface area contributed by atoms with Gasteiger partial charge in [0, 0.05) is 35.9 Å². The van der Waals surface area contributed by atoms with Crippen molar-refractivity contribution in [2.45, 2.75) is 23.4 Å². The zero-order valence-corrected chi connectivity index (χ0v) is 16.1. The summed E-state index contributed by atoms with van der Waals surface area (Å²) in [6, 6.07) is 16.0. The third-order valence-electron chi connectivity index (χ3n) is 5.05. The molecular formula is C20H19F3N2O3S. The van der Waals surface area contributed by atoms with Crippen molar-refractivity contribution >= 4 is 26.7 Å². The van der Waals surface area contributed by atoms with E-state index < -0.39 is 22.9 Å². The molecule has 1 aromatic heterocycles. The Bertz CT molecular complexity index is 1070. The second-order valence-corrected chi connectivity index (χ2v) is 8.68. The summed E-state index contributed by atoms with van der Waals surface area (Å²) in [7, 11) is -4.45. The lowest BCUT2D eigenvalue weighted by Crippen LogP contribution is -2.21. The number of nitrogens with zero attached hydrogens (tertiary/aromatic N) is 1.